The highest BCUT2D eigenvalue weighted by atomic mass is 32.2. The van der Waals surface area contributed by atoms with Crippen LogP contribution >= 0.6 is 11.8 Å². The number of furan rings is 1. The van der Waals surface area contributed by atoms with Gasteiger partial charge in [-0.1, -0.05) is 18.2 Å². The second-order valence-electron chi connectivity index (χ2n) is 6.58. The maximum atomic E-state index is 13.8. The molecule has 1 amide bonds. The number of rotatable bonds is 6. The lowest BCUT2D eigenvalue weighted by molar-refractivity contribution is -0.384. The fraction of sp³-hybridized carbons (Fsp3) is 0.0455. The van der Waals surface area contributed by atoms with Crippen LogP contribution in [0.15, 0.2) is 86.5 Å². The van der Waals surface area contributed by atoms with Crippen molar-refractivity contribution in [1.29, 1.82) is 0 Å². The van der Waals surface area contributed by atoms with Gasteiger partial charge >= 0.3 is 0 Å². The van der Waals surface area contributed by atoms with E-state index < -0.39 is 10.7 Å². The second-order valence-corrected chi connectivity index (χ2v) is 7.59. The first-order valence-corrected chi connectivity index (χ1v) is 10.2. The molecule has 0 aliphatic carbocycles. The minimum atomic E-state index is -0.490. The van der Waals surface area contributed by atoms with Gasteiger partial charge in [0.05, 0.1) is 28.9 Å². The number of nitrogens with zero attached hydrogens (tertiary/aromatic N) is 4. The van der Waals surface area contributed by atoms with Crippen molar-refractivity contribution in [2.75, 3.05) is 0 Å². The molecule has 0 bridgehead atoms. The summed E-state index contributed by atoms with van der Waals surface area (Å²) in [7, 11) is 0. The van der Waals surface area contributed by atoms with Crippen molar-refractivity contribution in [2.24, 2.45) is 10.2 Å². The Balaban J connectivity index is 1.62. The summed E-state index contributed by atoms with van der Waals surface area (Å²) in [6.45, 7) is 0.143. The monoisotopic (exact) mass is 450 g/mol. The van der Waals surface area contributed by atoms with Gasteiger partial charge in [-0.25, -0.2) is 4.39 Å². The largest absolute Gasteiger partial charge is 0.467 e. The molecule has 4 rings (SSSR count). The third-order valence-corrected chi connectivity index (χ3v) is 5.43. The van der Waals surface area contributed by atoms with Crippen molar-refractivity contribution in [3.8, 4) is 0 Å². The van der Waals surface area contributed by atoms with E-state index in [0.717, 1.165) is 11.8 Å². The predicted molar refractivity (Wildman–Crippen MR) is 119 cm³/mol. The van der Waals surface area contributed by atoms with Crippen LogP contribution in [0.2, 0.25) is 0 Å². The molecular formula is C22H15FN4O4S. The smallest absolute Gasteiger partial charge is 0.269 e. The Labute approximate surface area is 185 Å². The number of halogens is 1. The Hall–Kier alpha value is -4.05. The number of nitro benzene ring substituents is 1. The molecule has 0 N–H and O–H groups in total. The molecule has 1 fully saturated rings. The molecule has 2 heterocycles. The second kappa shape index (κ2) is 9.40. The summed E-state index contributed by atoms with van der Waals surface area (Å²) in [6, 6.07) is 15.4. The Morgan fingerprint density at radius 1 is 1.12 bits per heavy atom. The first kappa shape index (κ1) is 21.2. The summed E-state index contributed by atoms with van der Waals surface area (Å²) in [5, 5.41) is 19.2. The van der Waals surface area contributed by atoms with Gasteiger partial charge in [-0.15, -0.1) is 5.10 Å². The molecule has 0 atom stereocenters. The summed E-state index contributed by atoms with van der Waals surface area (Å²) < 4.78 is 19.1. The van der Waals surface area contributed by atoms with Crippen molar-refractivity contribution in [1.82, 2.24) is 4.90 Å². The third kappa shape index (κ3) is 4.81. The average molecular weight is 450 g/mol. The van der Waals surface area contributed by atoms with E-state index in [2.05, 4.69) is 10.2 Å². The number of hydrogen-bond acceptors (Lipinski definition) is 7. The van der Waals surface area contributed by atoms with E-state index >= 15 is 0 Å². The van der Waals surface area contributed by atoms with Gasteiger partial charge in [0.1, 0.15) is 11.6 Å². The lowest BCUT2D eigenvalue weighted by Crippen LogP contribution is -2.28. The Morgan fingerprint density at radius 2 is 1.91 bits per heavy atom. The maximum Gasteiger partial charge on any atom is 0.269 e. The average Bonchev–Trinajstić information content (AvgIpc) is 3.40. The van der Waals surface area contributed by atoms with Crippen LogP contribution in [0, 0.1) is 15.9 Å². The van der Waals surface area contributed by atoms with Crippen LogP contribution in [0.1, 0.15) is 16.9 Å². The number of thioether (sulfide) groups is 1. The molecule has 1 aliphatic rings. The number of carbonyl (C=O) groups is 1. The molecule has 0 radical (unpaired) electrons. The number of benzene rings is 2. The molecule has 0 unspecified atom stereocenters. The molecular weight excluding hydrogens is 435 g/mol. The fourth-order valence-electron chi connectivity index (χ4n) is 2.84. The van der Waals surface area contributed by atoms with Gasteiger partial charge in [0, 0.05) is 17.7 Å². The van der Waals surface area contributed by atoms with Crippen LogP contribution in [0.5, 0.6) is 0 Å². The summed E-state index contributed by atoms with van der Waals surface area (Å²) in [5.41, 5.74) is 0.854. The quantitative estimate of drug-likeness (QED) is 0.232. The zero-order valence-electron chi connectivity index (χ0n) is 16.4. The van der Waals surface area contributed by atoms with Gasteiger partial charge in [-0.2, -0.15) is 5.10 Å². The van der Waals surface area contributed by atoms with Crippen LogP contribution in [0.3, 0.4) is 0 Å². The topological polar surface area (TPSA) is 101 Å². The first-order valence-electron chi connectivity index (χ1n) is 9.35. The predicted octanol–water partition coefficient (Wildman–Crippen LogP) is 4.83. The number of amidine groups is 1. The number of hydrogen-bond donors (Lipinski definition) is 0. The van der Waals surface area contributed by atoms with Crippen molar-refractivity contribution >= 4 is 40.8 Å². The standard InChI is InChI=1S/C22H15FN4O4S/c23-19-6-2-1-4-16(19)13-24-25-22-26(14-18-5-3-11-31-18)21(28)20(32-22)12-15-7-9-17(10-8-15)27(29)30/h1-13H,14H2/b20-12-,24-13+,25-22-. The molecule has 160 valence electrons. The maximum absolute atomic E-state index is 13.8. The molecule has 8 nitrogen and oxygen atoms in total. The van der Waals surface area contributed by atoms with Gasteiger partial charge in [-0.05, 0) is 53.7 Å². The molecule has 10 heteroatoms. The van der Waals surface area contributed by atoms with E-state index in [4.69, 9.17) is 4.42 Å². The van der Waals surface area contributed by atoms with Gasteiger partial charge in [0.15, 0.2) is 5.17 Å². The molecule has 3 aromatic rings. The van der Waals surface area contributed by atoms with Crippen molar-refractivity contribution in [3.63, 3.8) is 0 Å². The number of nitro groups is 1. The normalized spacial score (nSPS) is 16.5. The molecule has 32 heavy (non-hydrogen) atoms. The molecule has 0 saturated carbocycles. The van der Waals surface area contributed by atoms with E-state index in [1.54, 1.807) is 48.5 Å². The molecule has 2 aromatic carbocycles. The Bertz CT molecular complexity index is 1240. The third-order valence-electron chi connectivity index (χ3n) is 4.43. The van der Waals surface area contributed by atoms with E-state index in [1.807, 2.05) is 0 Å². The summed E-state index contributed by atoms with van der Waals surface area (Å²) >= 11 is 1.10. The van der Waals surface area contributed by atoms with E-state index in [9.17, 15) is 19.3 Å². The van der Waals surface area contributed by atoms with Crippen LogP contribution in [-0.2, 0) is 11.3 Å². The number of carbonyl (C=O) groups excluding carboxylic acids is 1. The van der Waals surface area contributed by atoms with Gasteiger partial charge in [0.2, 0.25) is 0 Å². The highest BCUT2D eigenvalue weighted by Gasteiger charge is 2.34. The van der Waals surface area contributed by atoms with Gasteiger partial charge in [-0.3, -0.25) is 19.8 Å². The Kier molecular flexibility index (Phi) is 6.22. The lowest BCUT2D eigenvalue weighted by Gasteiger charge is -2.12. The molecule has 0 spiro atoms. The minimum absolute atomic E-state index is 0.0401. The highest BCUT2D eigenvalue weighted by molar-refractivity contribution is 8.18. The zero-order valence-corrected chi connectivity index (χ0v) is 17.2. The van der Waals surface area contributed by atoms with Crippen molar-refractivity contribution in [3.05, 3.63) is 105 Å². The van der Waals surface area contributed by atoms with E-state index in [1.165, 1.54) is 35.6 Å². The number of amides is 1. The summed E-state index contributed by atoms with van der Waals surface area (Å²) in [6.07, 6.45) is 4.40. The minimum Gasteiger partial charge on any atom is -0.467 e. The SMILES string of the molecule is O=C1/C(=C/c2ccc([N+](=O)[O-])cc2)S/C(=N\N=C\c2ccccc2F)N1Cc1ccco1. The van der Waals surface area contributed by atoms with Crippen LogP contribution in [0.25, 0.3) is 6.08 Å². The molecule has 1 aromatic heterocycles. The van der Waals surface area contributed by atoms with E-state index in [-0.39, 0.29) is 23.7 Å². The molecule has 1 aliphatic heterocycles. The van der Waals surface area contributed by atoms with E-state index in [0.29, 0.717) is 21.4 Å². The first-order chi connectivity index (χ1) is 15.5. The van der Waals surface area contributed by atoms with Gasteiger partial charge < -0.3 is 4.42 Å². The van der Waals surface area contributed by atoms with Crippen LogP contribution in [-0.4, -0.2) is 27.1 Å². The van der Waals surface area contributed by atoms with Crippen molar-refractivity contribution in [2.45, 2.75) is 6.54 Å². The van der Waals surface area contributed by atoms with Gasteiger partial charge in [0.25, 0.3) is 11.6 Å². The highest BCUT2D eigenvalue weighted by Crippen LogP contribution is 2.34. The van der Waals surface area contributed by atoms with Crippen molar-refractivity contribution < 1.29 is 18.5 Å². The fourth-order valence-corrected chi connectivity index (χ4v) is 3.78. The summed E-state index contributed by atoms with van der Waals surface area (Å²) in [4.78, 5) is 25.1. The zero-order chi connectivity index (χ0) is 22.5. The summed E-state index contributed by atoms with van der Waals surface area (Å²) in [5.74, 6) is -0.191. The Morgan fingerprint density at radius 3 is 2.59 bits per heavy atom. The van der Waals surface area contributed by atoms with Crippen LogP contribution < -0.4 is 0 Å². The lowest BCUT2D eigenvalue weighted by atomic mass is 10.2. The molecule has 1 saturated heterocycles. The van der Waals surface area contributed by atoms with Crippen LogP contribution in [0.4, 0.5) is 10.1 Å². The number of non-ortho nitro benzene ring substituents is 1.